The van der Waals surface area contributed by atoms with Gasteiger partial charge in [0.25, 0.3) is 0 Å². The molecule has 388 valence electrons. The number of H-pyrrole nitrogens is 4. The van der Waals surface area contributed by atoms with Crippen molar-refractivity contribution in [3.05, 3.63) is 72.9 Å². The fourth-order valence-electron chi connectivity index (χ4n) is 9.44. The molecule has 7 rings (SSSR count). The lowest BCUT2D eigenvalue weighted by atomic mass is 10.0. The van der Waals surface area contributed by atoms with Crippen LogP contribution in [0.3, 0.4) is 0 Å². The summed E-state index contributed by atoms with van der Waals surface area (Å²) in [5.74, 6) is -5.31. The number of hydrogen-bond acceptors (Lipinski definition) is 14. The Morgan fingerprint density at radius 2 is 0.722 bits per heavy atom. The summed E-state index contributed by atoms with van der Waals surface area (Å²) in [5.41, 5.74) is 13.7. The molecule has 4 aromatic heterocycles. The number of rotatable bonds is 16. The third-order valence-corrected chi connectivity index (χ3v) is 13.2. The second-order valence-electron chi connectivity index (χ2n) is 18.4. The lowest BCUT2D eigenvalue weighted by Crippen LogP contribution is -2.62. The van der Waals surface area contributed by atoms with Crippen molar-refractivity contribution in [1.29, 1.82) is 0 Å². The third kappa shape index (κ3) is 13.9. The molecular formula is C46H66N18O8. The Morgan fingerprint density at radius 1 is 0.417 bits per heavy atom. The summed E-state index contributed by atoms with van der Waals surface area (Å²) < 4.78 is 0. The largest absolute Gasteiger partial charge is 0.348 e. The molecule has 0 spiro atoms. The zero-order chi connectivity index (χ0) is 51.0. The molecule has 0 unspecified atom stereocenters. The number of aromatic amines is 4. The molecule has 26 nitrogen and oxygen atoms in total. The Bertz CT molecular complexity index is 2250. The van der Waals surface area contributed by atoms with Crippen LogP contribution in [0.15, 0.2) is 50.1 Å². The predicted octanol–water partition coefficient (Wildman–Crippen LogP) is -2.99. The first kappa shape index (κ1) is 52.3. The van der Waals surface area contributed by atoms with E-state index in [-0.39, 0.29) is 64.5 Å². The SMILES string of the molecule is NCCCC[C@@H]1NC(=O)[C@H](Cc2cnc[nH]2)NC(=O)[C@@H]2CCCN2C(=O)[C@H](Cc2cnc[nH]2)NC(=O)[C@H](CCCCN)NC(=O)[C@H](Cc2cnc[nH]2)NC(=O)[C@@H]2CCCN2C(=O)[C@H](Cc2cnc[nH]2)NC1=O. The first-order valence-electron chi connectivity index (χ1n) is 24.6. The van der Waals surface area contributed by atoms with Gasteiger partial charge in [-0.1, -0.05) is 0 Å². The zero-order valence-corrected chi connectivity index (χ0v) is 40.1. The molecule has 8 amide bonds. The van der Waals surface area contributed by atoms with Gasteiger partial charge in [-0.2, -0.15) is 0 Å². The molecule has 72 heavy (non-hydrogen) atoms. The molecule has 26 heteroatoms. The van der Waals surface area contributed by atoms with E-state index in [4.69, 9.17) is 11.5 Å². The van der Waals surface area contributed by atoms with Crippen molar-refractivity contribution in [1.82, 2.24) is 81.6 Å². The Labute approximate surface area is 414 Å². The maximum atomic E-state index is 14.8. The van der Waals surface area contributed by atoms with E-state index >= 15 is 0 Å². The first-order chi connectivity index (χ1) is 34.9. The van der Waals surface area contributed by atoms with Crippen LogP contribution in [-0.4, -0.2) is 171 Å². The second-order valence-corrected chi connectivity index (χ2v) is 18.4. The second kappa shape index (κ2) is 25.6. The van der Waals surface area contributed by atoms with Crippen LogP contribution >= 0.6 is 0 Å². The number of carbonyl (C=O) groups excluding carboxylic acids is 8. The minimum Gasteiger partial charge on any atom is -0.348 e. The third-order valence-electron chi connectivity index (χ3n) is 13.2. The van der Waals surface area contributed by atoms with Gasteiger partial charge in [-0.15, -0.1) is 0 Å². The average molecular weight is 999 g/mol. The van der Waals surface area contributed by atoms with Crippen LogP contribution in [0.25, 0.3) is 0 Å². The number of nitrogens with one attached hydrogen (secondary N) is 10. The number of aromatic nitrogens is 8. The summed E-state index contributed by atoms with van der Waals surface area (Å²) in [7, 11) is 0. The standard InChI is InChI=1S/C46H66N18O8/c47-11-3-1-7-31-39(65)61-35(17-29-21-51-25-55-29)45(71)63-13-5-10-38(63)44(70)60-34(16-28-20-50-24-54-28)42(68)58-32(8-2-4-12-48)40(66)62-36(18-30-22-52-26-56-30)46(72)64-14-6-9-37(64)43(69)59-33(41(67)57-31)15-27-19-49-23-53-27/h19-26,31-38H,1-18,47-48H2,(H,49,53)(H,50,54)(H,51,55)(H,52,56)(H,57,67)(H,58,68)(H,59,69)(H,60,70)(H,61,65)(H,62,66)/t31-,32-,33-,34-,35-,36-,37-,38-/m0/s1. The highest BCUT2D eigenvalue weighted by Crippen LogP contribution is 2.23. The molecule has 14 N–H and O–H groups in total. The molecule has 0 aromatic carbocycles. The van der Waals surface area contributed by atoms with E-state index < -0.39 is 95.6 Å². The number of hydrogen-bond donors (Lipinski definition) is 12. The van der Waals surface area contributed by atoms with Gasteiger partial charge in [-0.25, -0.2) is 19.9 Å². The number of carbonyl (C=O) groups is 8. The van der Waals surface area contributed by atoms with Crippen molar-refractivity contribution in [2.75, 3.05) is 26.2 Å². The molecule has 3 saturated heterocycles. The Morgan fingerprint density at radius 3 is 1.04 bits per heavy atom. The average Bonchev–Trinajstić information content (AvgIpc) is 4.22. The van der Waals surface area contributed by atoms with Crippen LogP contribution in [0.2, 0.25) is 0 Å². The van der Waals surface area contributed by atoms with Gasteiger partial charge in [0.1, 0.15) is 48.3 Å². The quantitative estimate of drug-likeness (QED) is 0.0499. The van der Waals surface area contributed by atoms with E-state index in [1.807, 2.05) is 0 Å². The summed E-state index contributed by atoms with van der Waals surface area (Å²) >= 11 is 0. The summed E-state index contributed by atoms with van der Waals surface area (Å²) in [6, 6.07) is -9.66. The molecule has 0 radical (unpaired) electrons. The fourth-order valence-corrected chi connectivity index (χ4v) is 9.44. The van der Waals surface area contributed by atoms with Crippen LogP contribution in [-0.2, 0) is 64.0 Å². The number of unbranched alkanes of at least 4 members (excludes halogenated alkanes) is 2. The van der Waals surface area contributed by atoms with Crippen molar-refractivity contribution >= 4 is 47.3 Å². The molecule has 0 aliphatic carbocycles. The molecular weight excluding hydrogens is 933 g/mol. The summed E-state index contributed by atoms with van der Waals surface area (Å²) in [6.07, 6.45) is 14.8. The topological polar surface area (TPSA) is 382 Å². The normalized spacial score (nSPS) is 25.4. The zero-order valence-electron chi connectivity index (χ0n) is 40.1. The number of fused-ring (bicyclic) bond motifs is 2. The number of nitrogens with two attached hydrogens (primary N) is 2. The fraction of sp³-hybridized carbons (Fsp3) is 0.565. The lowest BCUT2D eigenvalue weighted by molar-refractivity contribution is -0.143. The highest BCUT2D eigenvalue weighted by molar-refractivity contribution is 5.99. The summed E-state index contributed by atoms with van der Waals surface area (Å²) in [6.45, 7) is 0.914. The number of imidazole rings is 4. The van der Waals surface area contributed by atoms with E-state index in [2.05, 4.69) is 71.8 Å². The van der Waals surface area contributed by atoms with Crippen LogP contribution in [0, 0.1) is 0 Å². The van der Waals surface area contributed by atoms with Crippen molar-refractivity contribution in [2.24, 2.45) is 11.5 Å². The molecule has 3 fully saturated rings. The first-order valence-corrected chi connectivity index (χ1v) is 24.6. The highest BCUT2D eigenvalue weighted by atomic mass is 16.2. The predicted molar refractivity (Wildman–Crippen MR) is 256 cm³/mol. The minimum atomic E-state index is -1.28. The van der Waals surface area contributed by atoms with E-state index in [1.165, 1.54) is 59.9 Å². The Hall–Kier alpha value is -7.48. The van der Waals surface area contributed by atoms with Crippen molar-refractivity contribution < 1.29 is 38.4 Å². The van der Waals surface area contributed by atoms with Gasteiger partial charge >= 0.3 is 0 Å². The van der Waals surface area contributed by atoms with Crippen LogP contribution in [0.4, 0.5) is 0 Å². The Kier molecular flexibility index (Phi) is 18.6. The van der Waals surface area contributed by atoms with Crippen molar-refractivity contribution in [3.8, 4) is 0 Å². The maximum Gasteiger partial charge on any atom is 0.246 e. The molecule has 8 atom stereocenters. The minimum absolute atomic E-state index is 0.0603. The lowest BCUT2D eigenvalue weighted by Gasteiger charge is -2.32. The van der Waals surface area contributed by atoms with Gasteiger partial charge in [-0.3, -0.25) is 38.4 Å². The van der Waals surface area contributed by atoms with E-state index in [9.17, 15) is 38.4 Å². The van der Waals surface area contributed by atoms with E-state index in [0.29, 0.717) is 74.4 Å². The highest BCUT2D eigenvalue weighted by Gasteiger charge is 2.43. The summed E-state index contributed by atoms with van der Waals surface area (Å²) in [4.78, 5) is 147. The van der Waals surface area contributed by atoms with Gasteiger partial charge in [-0.05, 0) is 77.3 Å². The van der Waals surface area contributed by atoms with Gasteiger partial charge in [0.05, 0.1) is 25.3 Å². The van der Waals surface area contributed by atoms with Gasteiger partial charge in [0.15, 0.2) is 0 Å². The monoisotopic (exact) mass is 999 g/mol. The van der Waals surface area contributed by atoms with E-state index in [1.54, 1.807) is 0 Å². The number of amides is 8. The maximum absolute atomic E-state index is 14.8. The molecule has 0 bridgehead atoms. The van der Waals surface area contributed by atoms with Crippen molar-refractivity contribution in [2.45, 2.75) is 138 Å². The van der Waals surface area contributed by atoms with Crippen LogP contribution in [0.5, 0.6) is 0 Å². The molecule has 3 aliphatic rings. The van der Waals surface area contributed by atoms with Crippen molar-refractivity contribution in [3.63, 3.8) is 0 Å². The molecule has 0 saturated carbocycles. The molecule has 7 heterocycles. The van der Waals surface area contributed by atoms with Gasteiger partial charge in [0.2, 0.25) is 47.3 Å². The van der Waals surface area contributed by atoms with Gasteiger partial charge in [0, 0.05) is 86.3 Å². The Balaban J connectivity index is 1.26. The number of nitrogens with zero attached hydrogens (tertiary/aromatic N) is 6. The summed E-state index contributed by atoms with van der Waals surface area (Å²) in [5, 5.41) is 17.0. The van der Waals surface area contributed by atoms with E-state index in [0.717, 1.165) is 0 Å². The van der Waals surface area contributed by atoms with Crippen LogP contribution < -0.4 is 43.4 Å². The van der Waals surface area contributed by atoms with Gasteiger partial charge < -0.3 is 73.1 Å². The van der Waals surface area contributed by atoms with Crippen LogP contribution in [0.1, 0.15) is 87.0 Å². The molecule has 4 aromatic rings. The molecule has 3 aliphatic heterocycles. The smallest absolute Gasteiger partial charge is 0.246 e.